The van der Waals surface area contributed by atoms with Crippen LogP contribution < -0.4 is 11.3 Å². The van der Waals surface area contributed by atoms with Crippen molar-refractivity contribution < 1.29 is 4.74 Å². The summed E-state index contributed by atoms with van der Waals surface area (Å²) in [6, 6.07) is 10.7. The smallest absolute Gasteiger partial charge is 0.0513 e. The summed E-state index contributed by atoms with van der Waals surface area (Å²) in [6.07, 6.45) is 1.94. The molecule has 0 aliphatic carbocycles. The lowest BCUT2D eigenvalue weighted by molar-refractivity contribution is 0.0395. The third kappa shape index (κ3) is 2.34. The van der Waals surface area contributed by atoms with Gasteiger partial charge < -0.3 is 4.74 Å². The lowest BCUT2D eigenvalue weighted by atomic mass is 9.67. The number of nitrogens with two attached hydrogens (primary N) is 1. The fourth-order valence-electron chi connectivity index (χ4n) is 3.02. The summed E-state index contributed by atoms with van der Waals surface area (Å²) in [4.78, 5) is 0. The van der Waals surface area contributed by atoms with E-state index in [0.717, 1.165) is 31.6 Å². The number of ether oxygens (including phenoxy) is 1. The van der Waals surface area contributed by atoms with Crippen molar-refractivity contribution in [3.8, 4) is 0 Å². The maximum atomic E-state index is 5.78. The van der Waals surface area contributed by atoms with Crippen LogP contribution in [0.15, 0.2) is 42.5 Å². The summed E-state index contributed by atoms with van der Waals surface area (Å²) in [7, 11) is 0. The van der Waals surface area contributed by atoms with Gasteiger partial charge in [-0.15, -0.1) is 0 Å². The Labute approximate surface area is 109 Å². The Bertz CT molecular complexity index is 396. The Morgan fingerprint density at radius 3 is 2.44 bits per heavy atom. The molecule has 3 heteroatoms. The third-order valence-electron chi connectivity index (χ3n) is 3.95. The van der Waals surface area contributed by atoms with Crippen molar-refractivity contribution >= 4 is 0 Å². The molecule has 0 spiro atoms. The molecule has 1 fully saturated rings. The normalized spacial score (nSPS) is 20.3. The van der Waals surface area contributed by atoms with Crippen molar-refractivity contribution in [3.63, 3.8) is 0 Å². The second kappa shape index (κ2) is 5.65. The molecular weight excluding hydrogens is 224 g/mol. The molecule has 2 rings (SSSR count). The average Bonchev–Trinajstić information content (AvgIpc) is 2.41. The highest BCUT2D eigenvalue weighted by Gasteiger charge is 2.41. The SMILES string of the molecule is C=C(C)C(NN)C1(c2ccccc2)CCOCC1. The van der Waals surface area contributed by atoms with Crippen LogP contribution in [0.4, 0.5) is 0 Å². The molecule has 1 aromatic rings. The van der Waals surface area contributed by atoms with Gasteiger partial charge in [0, 0.05) is 18.6 Å². The zero-order valence-electron chi connectivity index (χ0n) is 11.0. The minimum Gasteiger partial charge on any atom is -0.381 e. The first kappa shape index (κ1) is 13.3. The van der Waals surface area contributed by atoms with Crippen molar-refractivity contribution in [1.82, 2.24) is 5.43 Å². The summed E-state index contributed by atoms with van der Waals surface area (Å²) in [5.41, 5.74) is 5.35. The maximum absolute atomic E-state index is 5.78. The van der Waals surface area contributed by atoms with Gasteiger partial charge in [0.15, 0.2) is 0 Å². The molecule has 1 aromatic carbocycles. The molecule has 0 saturated carbocycles. The van der Waals surface area contributed by atoms with Gasteiger partial charge in [0.25, 0.3) is 0 Å². The molecule has 3 N–H and O–H groups in total. The standard InChI is InChI=1S/C15H22N2O/c1-12(2)14(17-16)15(8-10-18-11-9-15)13-6-4-3-5-7-13/h3-7,14,17H,1,8-11,16H2,2H3. The van der Waals surface area contributed by atoms with Crippen LogP contribution in [0.2, 0.25) is 0 Å². The Morgan fingerprint density at radius 1 is 1.33 bits per heavy atom. The molecule has 1 aliphatic rings. The Morgan fingerprint density at radius 2 is 1.94 bits per heavy atom. The zero-order chi connectivity index (χ0) is 13.0. The van der Waals surface area contributed by atoms with E-state index >= 15 is 0 Å². The van der Waals surface area contributed by atoms with E-state index in [0.29, 0.717) is 0 Å². The van der Waals surface area contributed by atoms with Gasteiger partial charge in [-0.25, -0.2) is 0 Å². The summed E-state index contributed by atoms with van der Waals surface area (Å²) in [6.45, 7) is 7.68. The molecular formula is C15H22N2O. The van der Waals surface area contributed by atoms with Gasteiger partial charge in [-0.3, -0.25) is 11.3 Å². The van der Waals surface area contributed by atoms with Crippen molar-refractivity contribution in [3.05, 3.63) is 48.0 Å². The highest BCUT2D eigenvalue weighted by Crippen LogP contribution is 2.39. The molecule has 0 aromatic heterocycles. The van der Waals surface area contributed by atoms with Crippen molar-refractivity contribution in [2.75, 3.05) is 13.2 Å². The van der Waals surface area contributed by atoms with Crippen molar-refractivity contribution in [1.29, 1.82) is 0 Å². The molecule has 0 bridgehead atoms. The van der Waals surface area contributed by atoms with Gasteiger partial charge >= 0.3 is 0 Å². The van der Waals surface area contributed by atoms with Crippen LogP contribution in [-0.4, -0.2) is 19.3 Å². The molecule has 0 amide bonds. The molecule has 0 radical (unpaired) electrons. The van der Waals surface area contributed by atoms with Gasteiger partial charge in [0.2, 0.25) is 0 Å². The summed E-state index contributed by atoms with van der Waals surface area (Å²) < 4.78 is 5.52. The van der Waals surface area contributed by atoms with E-state index in [9.17, 15) is 0 Å². The third-order valence-corrected chi connectivity index (χ3v) is 3.95. The second-order valence-electron chi connectivity index (χ2n) is 5.08. The first-order valence-corrected chi connectivity index (χ1v) is 6.45. The fraction of sp³-hybridized carbons (Fsp3) is 0.467. The molecule has 3 nitrogen and oxygen atoms in total. The van der Waals surface area contributed by atoms with E-state index in [1.165, 1.54) is 5.56 Å². The lowest BCUT2D eigenvalue weighted by Gasteiger charge is -2.44. The molecule has 18 heavy (non-hydrogen) atoms. The highest BCUT2D eigenvalue weighted by molar-refractivity contribution is 5.32. The quantitative estimate of drug-likeness (QED) is 0.486. The van der Waals surface area contributed by atoms with Gasteiger partial charge in [0.1, 0.15) is 0 Å². The van der Waals surface area contributed by atoms with Gasteiger partial charge in [-0.05, 0) is 25.3 Å². The number of hydrogen-bond acceptors (Lipinski definition) is 3. The van der Waals surface area contributed by atoms with Crippen LogP contribution in [0.1, 0.15) is 25.3 Å². The van der Waals surface area contributed by atoms with Gasteiger partial charge in [0.05, 0.1) is 6.04 Å². The number of hydrazine groups is 1. The Kier molecular flexibility index (Phi) is 4.17. The van der Waals surface area contributed by atoms with Crippen LogP contribution in [0.5, 0.6) is 0 Å². The minimum atomic E-state index is 0.0000926. The fourth-order valence-corrected chi connectivity index (χ4v) is 3.02. The molecule has 1 aliphatic heterocycles. The second-order valence-corrected chi connectivity index (χ2v) is 5.08. The Balaban J connectivity index is 2.43. The van der Waals surface area contributed by atoms with Crippen LogP contribution in [0, 0.1) is 0 Å². The molecule has 1 saturated heterocycles. The first-order valence-electron chi connectivity index (χ1n) is 6.45. The lowest BCUT2D eigenvalue weighted by Crippen LogP contribution is -2.54. The summed E-state index contributed by atoms with van der Waals surface area (Å²) in [5, 5.41) is 0. The van der Waals surface area contributed by atoms with Crippen LogP contribution in [-0.2, 0) is 10.2 Å². The van der Waals surface area contributed by atoms with Gasteiger partial charge in [-0.2, -0.15) is 0 Å². The predicted octanol–water partition coefficient (Wildman–Crippen LogP) is 2.14. The number of hydrogen-bond donors (Lipinski definition) is 2. The summed E-state index contributed by atoms with van der Waals surface area (Å²) in [5.74, 6) is 5.78. The maximum Gasteiger partial charge on any atom is 0.0513 e. The number of nitrogens with one attached hydrogen (secondary N) is 1. The Hall–Kier alpha value is -1.16. The van der Waals surface area contributed by atoms with E-state index in [1.807, 2.05) is 13.0 Å². The molecule has 1 unspecified atom stereocenters. The summed E-state index contributed by atoms with van der Waals surface area (Å²) >= 11 is 0. The largest absolute Gasteiger partial charge is 0.381 e. The zero-order valence-corrected chi connectivity index (χ0v) is 11.0. The molecule has 98 valence electrons. The molecule has 1 heterocycles. The van der Waals surface area contributed by atoms with E-state index in [4.69, 9.17) is 10.6 Å². The average molecular weight is 246 g/mol. The van der Waals surface area contributed by atoms with Crippen LogP contribution in [0.3, 0.4) is 0 Å². The highest BCUT2D eigenvalue weighted by atomic mass is 16.5. The van der Waals surface area contributed by atoms with Gasteiger partial charge in [-0.1, -0.05) is 42.5 Å². The van der Waals surface area contributed by atoms with E-state index < -0.39 is 0 Å². The number of benzene rings is 1. The van der Waals surface area contributed by atoms with Crippen LogP contribution >= 0.6 is 0 Å². The topological polar surface area (TPSA) is 47.3 Å². The van der Waals surface area contributed by atoms with Crippen molar-refractivity contribution in [2.45, 2.75) is 31.2 Å². The van der Waals surface area contributed by atoms with Crippen LogP contribution in [0.25, 0.3) is 0 Å². The minimum absolute atomic E-state index is 0.0000926. The van der Waals surface area contributed by atoms with Crippen molar-refractivity contribution in [2.24, 2.45) is 5.84 Å². The van der Waals surface area contributed by atoms with E-state index in [1.54, 1.807) is 0 Å². The number of rotatable bonds is 4. The first-order chi connectivity index (χ1) is 8.70. The molecule has 1 atom stereocenters. The van der Waals surface area contributed by atoms with E-state index in [2.05, 4.69) is 36.3 Å². The van der Waals surface area contributed by atoms with E-state index in [-0.39, 0.29) is 11.5 Å². The predicted molar refractivity (Wildman–Crippen MR) is 74.1 cm³/mol. The monoisotopic (exact) mass is 246 g/mol.